The summed E-state index contributed by atoms with van der Waals surface area (Å²) in [6.07, 6.45) is 0. The Labute approximate surface area is 118 Å². The molecule has 6 heteroatoms. The maximum atomic E-state index is 12.2. The Hall–Kier alpha value is -2.08. The molecule has 0 aliphatic carbocycles. The van der Waals surface area contributed by atoms with Crippen molar-refractivity contribution in [1.29, 1.82) is 0 Å². The van der Waals surface area contributed by atoms with Crippen molar-refractivity contribution in [3.8, 4) is 0 Å². The van der Waals surface area contributed by atoms with Gasteiger partial charge in [0, 0.05) is 0 Å². The Balaban J connectivity index is 2.77. The highest BCUT2D eigenvalue weighted by Crippen LogP contribution is 2.12. The van der Waals surface area contributed by atoms with Gasteiger partial charge in [-0.2, -0.15) is 0 Å². The minimum atomic E-state index is -0.751. The first-order valence-corrected chi connectivity index (χ1v) is 6.47. The van der Waals surface area contributed by atoms with Crippen molar-refractivity contribution in [1.82, 2.24) is 10.6 Å². The Kier molecular flexibility index (Phi) is 5.99. The number of primary amides is 1. The molecule has 0 aliphatic rings. The molecular weight excluding hydrogens is 258 g/mol. The monoisotopic (exact) mass is 279 g/mol. The Bertz CT molecular complexity index is 448. The molecular formula is C14H21N3O3. The van der Waals surface area contributed by atoms with Gasteiger partial charge in [-0.1, -0.05) is 44.2 Å². The molecule has 0 bridgehead atoms. The normalized spacial score (nSPS) is 13.6. The summed E-state index contributed by atoms with van der Waals surface area (Å²) in [5.74, 6) is -0.487. The van der Waals surface area contributed by atoms with E-state index in [-0.39, 0.29) is 18.4 Å². The van der Waals surface area contributed by atoms with E-state index in [1.165, 1.54) is 0 Å². The molecule has 1 unspecified atom stereocenters. The number of carbonyl (C=O) groups excluding carboxylic acids is 2. The van der Waals surface area contributed by atoms with Gasteiger partial charge in [-0.25, -0.2) is 4.79 Å². The lowest BCUT2D eigenvalue weighted by atomic mass is 10.0. The van der Waals surface area contributed by atoms with E-state index in [2.05, 4.69) is 10.6 Å². The van der Waals surface area contributed by atoms with E-state index in [0.29, 0.717) is 0 Å². The van der Waals surface area contributed by atoms with Crippen molar-refractivity contribution in [2.45, 2.75) is 25.9 Å². The first-order chi connectivity index (χ1) is 9.45. The largest absolute Gasteiger partial charge is 0.394 e. The fraction of sp³-hybridized carbons (Fsp3) is 0.429. The average Bonchev–Trinajstić information content (AvgIpc) is 2.42. The topological polar surface area (TPSA) is 104 Å². The van der Waals surface area contributed by atoms with Gasteiger partial charge in [-0.15, -0.1) is 0 Å². The van der Waals surface area contributed by atoms with Gasteiger partial charge in [0.15, 0.2) is 0 Å². The Morgan fingerprint density at radius 3 is 2.25 bits per heavy atom. The predicted octanol–water partition coefficient (Wildman–Crippen LogP) is 0.529. The molecule has 0 saturated carbocycles. The van der Waals surface area contributed by atoms with Gasteiger partial charge < -0.3 is 21.5 Å². The number of hydrogen-bond donors (Lipinski definition) is 4. The van der Waals surface area contributed by atoms with E-state index >= 15 is 0 Å². The first-order valence-electron chi connectivity index (χ1n) is 6.47. The van der Waals surface area contributed by atoms with E-state index in [1.54, 1.807) is 13.8 Å². The molecule has 0 fully saturated rings. The number of hydrogen-bond acceptors (Lipinski definition) is 3. The molecule has 1 aromatic carbocycles. The third-order valence-electron chi connectivity index (χ3n) is 2.95. The average molecular weight is 279 g/mol. The van der Waals surface area contributed by atoms with Crippen LogP contribution in [-0.2, 0) is 4.79 Å². The van der Waals surface area contributed by atoms with Gasteiger partial charge in [0.1, 0.15) is 6.04 Å². The zero-order valence-corrected chi connectivity index (χ0v) is 11.7. The molecule has 0 spiro atoms. The van der Waals surface area contributed by atoms with E-state index < -0.39 is 18.1 Å². The molecule has 0 radical (unpaired) electrons. The number of rotatable bonds is 6. The van der Waals surface area contributed by atoms with Crippen LogP contribution in [0.25, 0.3) is 0 Å². The lowest BCUT2D eigenvalue weighted by Crippen LogP contribution is -2.52. The number of carbonyl (C=O) groups is 2. The molecule has 110 valence electrons. The van der Waals surface area contributed by atoms with E-state index in [0.717, 1.165) is 5.56 Å². The van der Waals surface area contributed by atoms with Gasteiger partial charge in [0.05, 0.1) is 12.6 Å². The maximum Gasteiger partial charge on any atom is 0.312 e. The van der Waals surface area contributed by atoms with Crippen molar-refractivity contribution < 1.29 is 14.7 Å². The first kappa shape index (κ1) is 16.0. The summed E-state index contributed by atoms with van der Waals surface area (Å²) in [6.45, 7) is 3.38. The van der Waals surface area contributed by atoms with Crippen LogP contribution in [-0.4, -0.2) is 29.7 Å². The summed E-state index contributed by atoms with van der Waals surface area (Å²) < 4.78 is 0. The van der Waals surface area contributed by atoms with Gasteiger partial charge in [0.25, 0.3) is 0 Å². The minimum absolute atomic E-state index is 0.113. The number of amides is 3. The number of aliphatic hydroxyl groups is 1. The van der Waals surface area contributed by atoms with Gasteiger partial charge in [-0.3, -0.25) is 4.79 Å². The van der Waals surface area contributed by atoms with Crippen LogP contribution in [0.2, 0.25) is 0 Å². The SMILES string of the molecule is CC(C)C(NC(N)=O)C(=O)N[C@@H](CO)c1ccccc1. The van der Waals surface area contributed by atoms with Crippen molar-refractivity contribution >= 4 is 11.9 Å². The number of nitrogens with one attached hydrogen (secondary N) is 2. The van der Waals surface area contributed by atoms with E-state index in [4.69, 9.17) is 5.73 Å². The lowest BCUT2D eigenvalue weighted by molar-refractivity contribution is -0.125. The van der Waals surface area contributed by atoms with E-state index in [1.807, 2.05) is 30.3 Å². The van der Waals surface area contributed by atoms with Crippen LogP contribution in [0.5, 0.6) is 0 Å². The fourth-order valence-electron chi connectivity index (χ4n) is 1.87. The van der Waals surface area contributed by atoms with Crippen LogP contribution in [0, 0.1) is 5.92 Å². The lowest BCUT2D eigenvalue weighted by Gasteiger charge is -2.24. The minimum Gasteiger partial charge on any atom is -0.394 e. The summed E-state index contributed by atoms with van der Waals surface area (Å²) in [7, 11) is 0. The van der Waals surface area contributed by atoms with E-state index in [9.17, 15) is 14.7 Å². The molecule has 0 aliphatic heterocycles. The predicted molar refractivity (Wildman–Crippen MR) is 75.8 cm³/mol. The summed E-state index contributed by atoms with van der Waals surface area (Å²) in [5, 5.41) is 14.5. The quantitative estimate of drug-likeness (QED) is 0.610. The number of urea groups is 1. The number of nitrogens with two attached hydrogens (primary N) is 1. The Morgan fingerprint density at radius 1 is 1.20 bits per heavy atom. The highest BCUT2D eigenvalue weighted by Gasteiger charge is 2.25. The maximum absolute atomic E-state index is 12.2. The molecule has 5 N–H and O–H groups in total. The van der Waals surface area contributed by atoms with Gasteiger partial charge in [0.2, 0.25) is 5.91 Å². The summed E-state index contributed by atoms with van der Waals surface area (Å²) >= 11 is 0. The van der Waals surface area contributed by atoms with Crippen molar-refractivity contribution in [2.24, 2.45) is 11.7 Å². The molecule has 6 nitrogen and oxygen atoms in total. The summed E-state index contributed by atoms with van der Waals surface area (Å²) in [5.41, 5.74) is 5.86. The number of benzene rings is 1. The molecule has 1 rings (SSSR count). The van der Waals surface area contributed by atoms with Crippen LogP contribution in [0.3, 0.4) is 0 Å². The standard InChI is InChI=1S/C14H21N3O3/c1-9(2)12(17-14(15)20)13(19)16-11(8-18)10-6-4-3-5-7-10/h3-7,9,11-12,18H,8H2,1-2H3,(H,16,19)(H3,15,17,20)/t11-,12?/m0/s1. The van der Waals surface area contributed by atoms with Gasteiger partial charge >= 0.3 is 6.03 Å². The molecule has 2 atom stereocenters. The van der Waals surface area contributed by atoms with Crippen LogP contribution in [0.4, 0.5) is 4.79 Å². The second kappa shape index (κ2) is 7.49. The highest BCUT2D eigenvalue weighted by atomic mass is 16.3. The van der Waals surface area contributed by atoms with Crippen LogP contribution < -0.4 is 16.4 Å². The van der Waals surface area contributed by atoms with Gasteiger partial charge in [-0.05, 0) is 11.5 Å². The second-order valence-corrected chi connectivity index (χ2v) is 4.88. The zero-order valence-electron chi connectivity index (χ0n) is 11.7. The summed E-state index contributed by atoms with van der Waals surface area (Å²) in [4.78, 5) is 23.1. The molecule has 0 saturated heterocycles. The van der Waals surface area contributed by atoms with Crippen LogP contribution in [0.1, 0.15) is 25.5 Å². The van der Waals surface area contributed by atoms with Crippen molar-refractivity contribution in [2.75, 3.05) is 6.61 Å². The second-order valence-electron chi connectivity index (χ2n) is 4.88. The summed E-state index contributed by atoms with van der Waals surface area (Å²) in [6, 6.07) is 7.13. The fourth-order valence-corrected chi connectivity index (χ4v) is 1.87. The highest BCUT2D eigenvalue weighted by molar-refractivity contribution is 5.87. The van der Waals surface area contributed by atoms with Crippen LogP contribution in [0.15, 0.2) is 30.3 Å². The molecule has 0 aromatic heterocycles. The molecule has 3 amide bonds. The van der Waals surface area contributed by atoms with Crippen molar-refractivity contribution in [3.63, 3.8) is 0 Å². The van der Waals surface area contributed by atoms with Crippen molar-refractivity contribution in [3.05, 3.63) is 35.9 Å². The zero-order chi connectivity index (χ0) is 15.1. The molecule has 20 heavy (non-hydrogen) atoms. The Morgan fingerprint density at radius 2 is 1.80 bits per heavy atom. The van der Waals surface area contributed by atoms with Crippen LogP contribution >= 0.6 is 0 Å². The third kappa shape index (κ3) is 4.55. The third-order valence-corrected chi connectivity index (χ3v) is 2.95. The molecule has 0 heterocycles. The number of aliphatic hydroxyl groups excluding tert-OH is 1. The smallest absolute Gasteiger partial charge is 0.312 e. The molecule has 1 aromatic rings.